The Hall–Kier alpha value is -2.13. The Morgan fingerprint density at radius 3 is 2.73 bits per heavy atom. The van der Waals surface area contributed by atoms with Gasteiger partial charge in [-0.3, -0.25) is 14.5 Å². The van der Waals surface area contributed by atoms with Gasteiger partial charge in [-0.15, -0.1) is 0 Å². The minimum Gasteiger partial charge on any atom is -0.481 e. The van der Waals surface area contributed by atoms with Crippen LogP contribution in [-0.4, -0.2) is 43.3 Å². The molecular weight excluding hydrogens is 330 g/mol. The van der Waals surface area contributed by atoms with Crippen LogP contribution in [-0.2, 0) is 14.4 Å². The molecular formula is C13H11NO6S2. The molecule has 2 heterocycles. The van der Waals surface area contributed by atoms with Crippen LogP contribution < -0.4 is 0 Å². The molecule has 1 fully saturated rings. The average Bonchev–Trinajstić information content (AvgIpc) is 3.02. The molecule has 1 aromatic rings. The fourth-order valence-corrected chi connectivity index (χ4v) is 3.21. The van der Waals surface area contributed by atoms with Gasteiger partial charge in [-0.05, 0) is 18.6 Å². The predicted molar refractivity (Wildman–Crippen MR) is 82.0 cm³/mol. The number of amides is 1. The van der Waals surface area contributed by atoms with Crippen LogP contribution in [0.25, 0.3) is 6.08 Å². The van der Waals surface area contributed by atoms with Gasteiger partial charge < -0.3 is 14.6 Å². The topological polar surface area (TPSA) is 108 Å². The van der Waals surface area contributed by atoms with Gasteiger partial charge in [0.25, 0.3) is 5.91 Å². The van der Waals surface area contributed by atoms with Crippen molar-refractivity contribution >= 4 is 52.2 Å². The molecule has 0 radical (unpaired) electrons. The van der Waals surface area contributed by atoms with Crippen LogP contribution in [0.5, 0.6) is 0 Å². The van der Waals surface area contributed by atoms with E-state index in [9.17, 15) is 19.5 Å². The number of hydrogen-bond donors (Lipinski definition) is 2. The first-order chi connectivity index (χ1) is 10.4. The van der Waals surface area contributed by atoms with Crippen LogP contribution in [0.2, 0.25) is 0 Å². The number of nitrogens with zero attached hydrogens (tertiary/aromatic N) is 1. The SMILES string of the molecule is O=C(O)CCC(C(=O)O)N1C(=O)/C(=C\c2ccco2)SC1=S. The summed E-state index contributed by atoms with van der Waals surface area (Å²) in [6.45, 7) is 0. The lowest BCUT2D eigenvalue weighted by molar-refractivity contribution is -0.146. The third-order valence-electron chi connectivity index (χ3n) is 2.87. The number of aliphatic carboxylic acids is 2. The van der Waals surface area contributed by atoms with E-state index >= 15 is 0 Å². The Labute approximate surface area is 134 Å². The Kier molecular flexibility index (Phi) is 4.99. The Morgan fingerprint density at radius 1 is 1.45 bits per heavy atom. The summed E-state index contributed by atoms with van der Waals surface area (Å²) in [5.41, 5.74) is 0. The van der Waals surface area contributed by atoms with Crippen molar-refractivity contribution < 1.29 is 29.0 Å². The van der Waals surface area contributed by atoms with Crippen LogP contribution in [0.1, 0.15) is 18.6 Å². The second-order valence-electron chi connectivity index (χ2n) is 4.35. The van der Waals surface area contributed by atoms with Crippen LogP contribution in [0.4, 0.5) is 0 Å². The molecule has 1 saturated heterocycles. The lowest BCUT2D eigenvalue weighted by Gasteiger charge is -2.22. The molecule has 2 N–H and O–H groups in total. The molecule has 1 aliphatic heterocycles. The van der Waals surface area contributed by atoms with Gasteiger partial charge in [-0.25, -0.2) is 4.79 Å². The predicted octanol–water partition coefficient (Wildman–Crippen LogP) is 1.80. The highest BCUT2D eigenvalue weighted by Gasteiger charge is 2.40. The first-order valence-corrected chi connectivity index (χ1v) is 7.38. The van der Waals surface area contributed by atoms with E-state index in [0.717, 1.165) is 16.7 Å². The molecule has 1 aliphatic rings. The number of hydrogen-bond acceptors (Lipinski definition) is 6. The molecule has 1 amide bonds. The number of thiocarbonyl (C=S) groups is 1. The zero-order valence-electron chi connectivity index (χ0n) is 11.1. The Morgan fingerprint density at radius 2 is 2.18 bits per heavy atom. The summed E-state index contributed by atoms with van der Waals surface area (Å²) >= 11 is 6.01. The highest BCUT2D eigenvalue weighted by atomic mass is 32.2. The van der Waals surface area contributed by atoms with Crippen molar-refractivity contribution in [3.05, 3.63) is 29.1 Å². The van der Waals surface area contributed by atoms with Gasteiger partial charge in [0, 0.05) is 12.5 Å². The zero-order valence-corrected chi connectivity index (χ0v) is 12.7. The second kappa shape index (κ2) is 6.75. The van der Waals surface area contributed by atoms with Gasteiger partial charge in [-0.2, -0.15) is 0 Å². The minimum absolute atomic E-state index is 0.0839. The summed E-state index contributed by atoms with van der Waals surface area (Å²) in [4.78, 5) is 35.5. The minimum atomic E-state index is -1.30. The van der Waals surface area contributed by atoms with Gasteiger partial charge in [0.05, 0.1) is 11.2 Å². The van der Waals surface area contributed by atoms with Gasteiger partial charge >= 0.3 is 11.9 Å². The standard InChI is InChI=1S/C13H11NO6S2/c15-10(16)4-3-8(12(18)19)14-11(17)9(22-13(14)21)6-7-2-1-5-20-7/h1-2,5-6,8H,3-4H2,(H,15,16)(H,18,19)/b9-6+. The van der Waals surface area contributed by atoms with Crippen molar-refractivity contribution in [2.45, 2.75) is 18.9 Å². The third-order valence-corrected chi connectivity index (χ3v) is 4.20. The maximum Gasteiger partial charge on any atom is 0.326 e. The van der Waals surface area contributed by atoms with Crippen molar-refractivity contribution in [1.29, 1.82) is 0 Å². The maximum absolute atomic E-state index is 12.3. The smallest absolute Gasteiger partial charge is 0.326 e. The molecule has 116 valence electrons. The van der Waals surface area contributed by atoms with Gasteiger partial charge in [-0.1, -0.05) is 24.0 Å². The fraction of sp³-hybridized carbons (Fsp3) is 0.231. The van der Waals surface area contributed by atoms with Crippen molar-refractivity contribution in [1.82, 2.24) is 4.90 Å². The second-order valence-corrected chi connectivity index (χ2v) is 6.03. The van der Waals surface area contributed by atoms with Crippen molar-refractivity contribution in [3.8, 4) is 0 Å². The molecule has 2 rings (SSSR count). The highest BCUT2D eigenvalue weighted by Crippen LogP contribution is 2.34. The van der Waals surface area contributed by atoms with Crippen molar-refractivity contribution in [2.24, 2.45) is 0 Å². The van der Waals surface area contributed by atoms with E-state index in [1.807, 2.05) is 0 Å². The van der Waals surface area contributed by atoms with E-state index in [-0.39, 0.29) is 22.1 Å². The number of carbonyl (C=O) groups excluding carboxylic acids is 1. The molecule has 7 nitrogen and oxygen atoms in total. The van der Waals surface area contributed by atoms with Gasteiger partial charge in [0.15, 0.2) is 0 Å². The number of thioether (sulfide) groups is 1. The molecule has 22 heavy (non-hydrogen) atoms. The maximum atomic E-state index is 12.3. The molecule has 0 saturated carbocycles. The number of carbonyl (C=O) groups is 3. The summed E-state index contributed by atoms with van der Waals surface area (Å²) in [6, 6.07) is 2.00. The Balaban J connectivity index is 2.22. The molecule has 0 bridgehead atoms. The van der Waals surface area contributed by atoms with Crippen LogP contribution in [0.15, 0.2) is 27.7 Å². The number of rotatable bonds is 6. The van der Waals surface area contributed by atoms with E-state index in [1.54, 1.807) is 12.1 Å². The largest absolute Gasteiger partial charge is 0.481 e. The molecule has 9 heteroatoms. The first kappa shape index (κ1) is 16.2. The Bertz CT molecular complexity index is 651. The van der Waals surface area contributed by atoms with E-state index in [0.29, 0.717) is 5.76 Å². The molecule has 0 aromatic carbocycles. The lowest BCUT2D eigenvalue weighted by Crippen LogP contribution is -2.44. The summed E-state index contributed by atoms with van der Waals surface area (Å²) in [7, 11) is 0. The van der Waals surface area contributed by atoms with E-state index in [2.05, 4.69) is 0 Å². The molecule has 1 atom stereocenters. The van der Waals surface area contributed by atoms with Gasteiger partial charge in [0.2, 0.25) is 0 Å². The molecule has 1 unspecified atom stereocenters. The molecule has 0 aliphatic carbocycles. The first-order valence-electron chi connectivity index (χ1n) is 6.15. The van der Waals surface area contributed by atoms with Crippen LogP contribution in [0.3, 0.4) is 0 Å². The third kappa shape index (κ3) is 3.55. The molecule has 1 aromatic heterocycles. The fourth-order valence-electron chi connectivity index (χ4n) is 1.87. The number of carboxylic acid groups (broad SMARTS) is 2. The summed E-state index contributed by atoms with van der Waals surface area (Å²) in [5, 5.41) is 17.9. The lowest BCUT2D eigenvalue weighted by atomic mass is 10.1. The average molecular weight is 341 g/mol. The van der Waals surface area contributed by atoms with Crippen LogP contribution in [0, 0.1) is 0 Å². The monoisotopic (exact) mass is 341 g/mol. The van der Waals surface area contributed by atoms with Crippen LogP contribution >= 0.6 is 24.0 Å². The summed E-state index contributed by atoms with van der Waals surface area (Å²) in [6.07, 6.45) is 2.32. The summed E-state index contributed by atoms with van der Waals surface area (Å²) < 4.78 is 5.19. The summed E-state index contributed by atoms with van der Waals surface area (Å²) in [5.74, 6) is -2.55. The number of furan rings is 1. The normalized spacial score (nSPS) is 18.0. The van der Waals surface area contributed by atoms with Crippen molar-refractivity contribution in [3.63, 3.8) is 0 Å². The van der Waals surface area contributed by atoms with Gasteiger partial charge in [0.1, 0.15) is 16.1 Å². The molecule has 0 spiro atoms. The zero-order chi connectivity index (χ0) is 16.3. The highest BCUT2D eigenvalue weighted by molar-refractivity contribution is 8.26. The van der Waals surface area contributed by atoms with E-state index in [4.69, 9.17) is 21.7 Å². The van der Waals surface area contributed by atoms with Crippen molar-refractivity contribution in [2.75, 3.05) is 0 Å². The van der Waals surface area contributed by atoms with E-state index < -0.39 is 23.9 Å². The number of carboxylic acids is 2. The quantitative estimate of drug-likeness (QED) is 0.596. The van der Waals surface area contributed by atoms with E-state index in [1.165, 1.54) is 12.3 Å².